The maximum atomic E-state index is 11.1. The number of ether oxygens (including phenoxy) is 1. The van der Waals surface area contributed by atoms with Crippen molar-refractivity contribution in [2.45, 2.75) is 31.3 Å². The van der Waals surface area contributed by atoms with Gasteiger partial charge in [0.1, 0.15) is 17.1 Å². The highest BCUT2D eigenvalue weighted by Gasteiger charge is 2.38. The highest BCUT2D eigenvalue weighted by Crippen LogP contribution is 2.42. The summed E-state index contributed by atoms with van der Waals surface area (Å²) in [6.07, 6.45) is 5.22. The lowest BCUT2D eigenvalue weighted by atomic mass is 9.77. The molecule has 2 aromatic rings. The Morgan fingerprint density at radius 2 is 2.11 bits per heavy atom. The van der Waals surface area contributed by atoms with Gasteiger partial charge < -0.3 is 14.3 Å². The summed E-state index contributed by atoms with van der Waals surface area (Å²) >= 11 is 0. The molecule has 0 fully saturated rings. The number of fused-ring (bicyclic) bond motifs is 2. The van der Waals surface area contributed by atoms with Gasteiger partial charge in [0.25, 0.3) is 0 Å². The predicted octanol–water partition coefficient (Wildman–Crippen LogP) is 2.79. The van der Waals surface area contributed by atoms with Gasteiger partial charge >= 0.3 is 0 Å². The Balaban J connectivity index is 1.84. The number of benzene rings is 1. The lowest BCUT2D eigenvalue weighted by molar-refractivity contribution is 0.0589. The summed E-state index contributed by atoms with van der Waals surface area (Å²) in [5.41, 5.74) is 2.18. The molecule has 1 atom stereocenters. The molecule has 0 saturated carbocycles. The molecule has 2 aliphatic rings. The topological polar surface area (TPSA) is 42.6 Å². The van der Waals surface area contributed by atoms with Crippen LogP contribution in [0.15, 0.2) is 34.9 Å². The van der Waals surface area contributed by atoms with Crippen LogP contribution in [0.2, 0.25) is 0 Å². The first-order chi connectivity index (χ1) is 9.27. The van der Waals surface area contributed by atoms with Crippen LogP contribution in [-0.4, -0.2) is 11.7 Å². The summed E-state index contributed by atoms with van der Waals surface area (Å²) in [5, 5.41) is 11.1. The lowest BCUT2D eigenvalue weighted by Gasteiger charge is -2.32. The van der Waals surface area contributed by atoms with Crippen LogP contribution in [0.1, 0.15) is 35.3 Å². The molecule has 0 spiro atoms. The minimum atomic E-state index is -0.905. The average Bonchev–Trinajstić information content (AvgIpc) is 3.07. The third-order valence-corrected chi connectivity index (χ3v) is 4.30. The van der Waals surface area contributed by atoms with E-state index in [1.54, 1.807) is 6.26 Å². The van der Waals surface area contributed by atoms with Crippen molar-refractivity contribution in [1.29, 1.82) is 0 Å². The summed E-state index contributed by atoms with van der Waals surface area (Å²) in [5.74, 6) is 1.88. The molecule has 3 nitrogen and oxygen atoms in total. The number of furan rings is 1. The second kappa shape index (κ2) is 3.87. The van der Waals surface area contributed by atoms with Crippen molar-refractivity contribution in [2.24, 2.45) is 0 Å². The van der Waals surface area contributed by atoms with Crippen molar-refractivity contribution in [3.05, 3.63) is 53.0 Å². The van der Waals surface area contributed by atoms with Crippen molar-refractivity contribution in [3.63, 3.8) is 0 Å². The van der Waals surface area contributed by atoms with E-state index in [4.69, 9.17) is 9.15 Å². The van der Waals surface area contributed by atoms with E-state index in [-0.39, 0.29) is 0 Å². The van der Waals surface area contributed by atoms with Crippen molar-refractivity contribution in [3.8, 4) is 5.75 Å². The number of rotatable bonds is 1. The summed E-state index contributed by atoms with van der Waals surface area (Å²) in [6.45, 7) is 0.744. The second-order valence-corrected chi connectivity index (χ2v) is 5.39. The molecule has 1 unspecified atom stereocenters. The smallest absolute Gasteiger partial charge is 0.122 e. The summed E-state index contributed by atoms with van der Waals surface area (Å²) in [4.78, 5) is 0. The minimum Gasteiger partial charge on any atom is -0.493 e. The van der Waals surface area contributed by atoms with Gasteiger partial charge in [0.15, 0.2) is 0 Å². The fraction of sp³-hybridized carbons (Fsp3) is 0.375. The average molecular weight is 256 g/mol. The third kappa shape index (κ3) is 1.55. The van der Waals surface area contributed by atoms with Gasteiger partial charge in [-0.15, -0.1) is 0 Å². The quantitative estimate of drug-likeness (QED) is 0.853. The Morgan fingerprint density at radius 1 is 1.16 bits per heavy atom. The molecule has 1 aliphatic heterocycles. The predicted molar refractivity (Wildman–Crippen MR) is 70.3 cm³/mol. The highest BCUT2D eigenvalue weighted by atomic mass is 16.5. The summed E-state index contributed by atoms with van der Waals surface area (Å²) in [6, 6.07) is 7.94. The van der Waals surface area contributed by atoms with Crippen LogP contribution in [0, 0.1) is 0 Å². The Bertz CT molecular complexity index is 629. The maximum Gasteiger partial charge on any atom is 0.122 e. The standard InChI is InChI=1S/C16H16O3/c17-16(7-1-2-15-13(16)6-9-19-15)12-3-4-14-11(10-12)5-8-18-14/h3-4,6,9-10,17H,1-2,5,7-8H2. The molecule has 0 amide bonds. The molecule has 3 heteroatoms. The number of hydrogen-bond donors (Lipinski definition) is 1. The SMILES string of the molecule is OC1(c2ccc3c(c2)CCO3)CCCc2occc21. The molecule has 1 aromatic heterocycles. The monoisotopic (exact) mass is 256 g/mol. The zero-order valence-corrected chi connectivity index (χ0v) is 10.7. The zero-order chi connectivity index (χ0) is 12.9. The molecular weight excluding hydrogens is 240 g/mol. The van der Waals surface area contributed by atoms with Crippen LogP contribution in [-0.2, 0) is 18.4 Å². The molecule has 0 bridgehead atoms. The van der Waals surface area contributed by atoms with Crippen LogP contribution in [0.5, 0.6) is 5.75 Å². The molecule has 19 heavy (non-hydrogen) atoms. The number of aliphatic hydroxyl groups is 1. The van der Waals surface area contributed by atoms with Gasteiger partial charge in [0, 0.05) is 18.4 Å². The Labute approximate surface area is 111 Å². The van der Waals surface area contributed by atoms with E-state index in [0.29, 0.717) is 0 Å². The van der Waals surface area contributed by atoms with Crippen LogP contribution in [0.25, 0.3) is 0 Å². The molecule has 98 valence electrons. The van der Waals surface area contributed by atoms with Gasteiger partial charge in [-0.1, -0.05) is 6.07 Å². The normalized spacial score (nSPS) is 24.7. The molecule has 2 heterocycles. The fourth-order valence-electron chi connectivity index (χ4n) is 3.29. The third-order valence-electron chi connectivity index (χ3n) is 4.30. The van der Waals surface area contributed by atoms with Crippen molar-refractivity contribution >= 4 is 0 Å². The van der Waals surface area contributed by atoms with Crippen molar-refractivity contribution in [1.82, 2.24) is 0 Å². The lowest BCUT2D eigenvalue weighted by Crippen LogP contribution is -2.31. The zero-order valence-electron chi connectivity index (χ0n) is 10.7. The molecular formula is C16H16O3. The Kier molecular flexibility index (Phi) is 2.27. The Morgan fingerprint density at radius 3 is 3.05 bits per heavy atom. The number of hydrogen-bond acceptors (Lipinski definition) is 3. The molecule has 1 aromatic carbocycles. The van der Waals surface area contributed by atoms with E-state index in [2.05, 4.69) is 6.07 Å². The maximum absolute atomic E-state index is 11.1. The van der Waals surface area contributed by atoms with E-state index >= 15 is 0 Å². The van der Waals surface area contributed by atoms with Crippen LogP contribution < -0.4 is 4.74 Å². The summed E-state index contributed by atoms with van der Waals surface area (Å²) in [7, 11) is 0. The summed E-state index contributed by atoms with van der Waals surface area (Å²) < 4.78 is 11.0. The minimum absolute atomic E-state index is 0.744. The van der Waals surface area contributed by atoms with Crippen molar-refractivity contribution < 1.29 is 14.3 Å². The Hall–Kier alpha value is -1.74. The molecule has 0 saturated heterocycles. The van der Waals surface area contributed by atoms with Crippen LogP contribution in [0.4, 0.5) is 0 Å². The van der Waals surface area contributed by atoms with Gasteiger partial charge in [-0.25, -0.2) is 0 Å². The first-order valence-electron chi connectivity index (χ1n) is 6.83. The van der Waals surface area contributed by atoms with E-state index in [9.17, 15) is 5.11 Å². The van der Waals surface area contributed by atoms with Crippen LogP contribution >= 0.6 is 0 Å². The van der Waals surface area contributed by atoms with Crippen LogP contribution in [0.3, 0.4) is 0 Å². The van der Waals surface area contributed by atoms with Gasteiger partial charge in [-0.2, -0.15) is 0 Å². The first kappa shape index (κ1) is 11.1. The molecule has 4 rings (SSSR count). The second-order valence-electron chi connectivity index (χ2n) is 5.39. The van der Waals surface area contributed by atoms with Gasteiger partial charge in [-0.3, -0.25) is 0 Å². The van der Waals surface area contributed by atoms with Gasteiger partial charge in [-0.05, 0) is 42.2 Å². The van der Waals surface area contributed by atoms with E-state index in [1.807, 2.05) is 18.2 Å². The first-order valence-corrected chi connectivity index (χ1v) is 6.83. The van der Waals surface area contributed by atoms with Crippen molar-refractivity contribution in [2.75, 3.05) is 6.61 Å². The van der Waals surface area contributed by atoms with E-state index < -0.39 is 5.60 Å². The molecule has 1 N–H and O–H groups in total. The van der Waals surface area contributed by atoms with E-state index in [1.165, 1.54) is 5.56 Å². The van der Waals surface area contributed by atoms with Gasteiger partial charge in [0.2, 0.25) is 0 Å². The number of aryl methyl sites for hydroxylation is 1. The van der Waals surface area contributed by atoms with Gasteiger partial charge in [0.05, 0.1) is 12.9 Å². The largest absolute Gasteiger partial charge is 0.493 e. The molecule has 1 aliphatic carbocycles. The van der Waals surface area contributed by atoms with E-state index in [0.717, 1.165) is 54.9 Å². The highest BCUT2D eigenvalue weighted by molar-refractivity contribution is 5.46. The molecule has 0 radical (unpaired) electrons. The fourth-order valence-corrected chi connectivity index (χ4v) is 3.29.